The van der Waals surface area contributed by atoms with Gasteiger partial charge in [-0.1, -0.05) is 18.2 Å². The van der Waals surface area contributed by atoms with Gasteiger partial charge in [0, 0.05) is 16.2 Å². The van der Waals surface area contributed by atoms with Gasteiger partial charge in [-0.05, 0) is 29.1 Å². The molecule has 1 heterocycles. The van der Waals surface area contributed by atoms with Crippen molar-refractivity contribution in [3.05, 3.63) is 62.3 Å². The Labute approximate surface area is 109 Å². The van der Waals surface area contributed by atoms with Gasteiger partial charge in [-0.2, -0.15) is 0 Å². The molecule has 2 aromatic rings. The van der Waals surface area contributed by atoms with E-state index in [1.807, 2.05) is 41.8 Å². The number of nitro groups is 1. The fourth-order valence-electron chi connectivity index (χ4n) is 1.52. The summed E-state index contributed by atoms with van der Waals surface area (Å²) in [7, 11) is 0. The van der Waals surface area contributed by atoms with Crippen LogP contribution in [0.3, 0.4) is 0 Å². The number of ether oxygens (including phenoxy) is 1. The van der Waals surface area contributed by atoms with E-state index < -0.39 is 0 Å². The Hall–Kier alpha value is -1.88. The van der Waals surface area contributed by atoms with E-state index in [0.29, 0.717) is 13.0 Å². The summed E-state index contributed by atoms with van der Waals surface area (Å²) >= 11 is 1.66. The van der Waals surface area contributed by atoms with Crippen LogP contribution in [0.1, 0.15) is 10.4 Å². The summed E-state index contributed by atoms with van der Waals surface area (Å²) in [4.78, 5) is 11.1. The first-order valence-corrected chi connectivity index (χ1v) is 6.48. The highest BCUT2D eigenvalue weighted by molar-refractivity contribution is 7.09. The zero-order valence-electron chi connectivity index (χ0n) is 9.74. The van der Waals surface area contributed by atoms with Crippen LogP contribution in [0.25, 0.3) is 0 Å². The molecule has 1 aromatic heterocycles. The van der Waals surface area contributed by atoms with Crippen molar-refractivity contribution in [2.45, 2.75) is 13.0 Å². The molecule has 4 nitrogen and oxygen atoms in total. The predicted molar refractivity (Wildman–Crippen MR) is 70.7 cm³/mol. The smallest absolute Gasteiger partial charge is 0.207 e. The van der Waals surface area contributed by atoms with Gasteiger partial charge in [0.15, 0.2) is 0 Å². The molecule has 94 valence electrons. The van der Waals surface area contributed by atoms with Gasteiger partial charge in [0.1, 0.15) is 12.4 Å². The van der Waals surface area contributed by atoms with Crippen molar-refractivity contribution >= 4 is 11.3 Å². The SMILES string of the molecule is O=[N+]([O-])CCc1ccc(OCc2cccs2)cc1. The van der Waals surface area contributed by atoms with E-state index in [1.54, 1.807) is 11.3 Å². The first kappa shape index (κ1) is 12.6. The highest BCUT2D eigenvalue weighted by atomic mass is 32.1. The second-order valence-electron chi connectivity index (χ2n) is 3.82. The molecule has 18 heavy (non-hydrogen) atoms. The number of nitrogens with zero attached hydrogens (tertiary/aromatic N) is 1. The van der Waals surface area contributed by atoms with Crippen molar-refractivity contribution in [2.24, 2.45) is 0 Å². The van der Waals surface area contributed by atoms with Gasteiger partial charge in [0.05, 0.1) is 0 Å². The van der Waals surface area contributed by atoms with Gasteiger partial charge in [0.25, 0.3) is 0 Å². The number of hydrogen-bond donors (Lipinski definition) is 0. The molecule has 0 saturated heterocycles. The topological polar surface area (TPSA) is 52.4 Å². The van der Waals surface area contributed by atoms with Crippen LogP contribution in [0.5, 0.6) is 5.75 Å². The van der Waals surface area contributed by atoms with E-state index in [9.17, 15) is 10.1 Å². The van der Waals surface area contributed by atoms with E-state index in [0.717, 1.165) is 11.3 Å². The monoisotopic (exact) mass is 263 g/mol. The lowest BCUT2D eigenvalue weighted by atomic mass is 10.1. The van der Waals surface area contributed by atoms with Crippen LogP contribution in [0.15, 0.2) is 41.8 Å². The highest BCUT2D eigenvalue weighted by Crippen LogP contribution is 2.16. The Balaban J connectivity index is 1.85. The average Bonchev–Trinajstić information content (AvgIpc) is 2.88. The summed E-state index contributed by atoms with van der Waals surface area (Å²) in [6, 6.07) is 11.5. The standard InChI is InChI=1S/C13H13NO3S/c15-14(16)8-7-11-3-5-12(6-4-11)17-10-13-2-1-9-18-13/h1-6,9H,7-8,10H2. The first-order valence-electron chi connectivity index (χ1n) is 5.60. The van der Waals surface area contributed by atoms with Crippen molar-refractivity contribution in [3.8, 4) is 5.75 Å². The van der Waals surface area contributed by atoms with Crippen LogP contribution in [0, 0.1) is 10.1 Å². The third-order valence-electron chi connectivity index (χ3n) is 2.47. The van der Waals surface area contributed by atoms with Crippen LogP contribution in [0.2, 0.25) is 0 Å². The van der Waals surface area contributed by atoms with Gasteiger partial charge >= 0.3 is 0 Å². The third kappa shape index (κ3) is 3.85. The Morgan fingerprint density at radius 1 is 1.22 bits per heavy atom. The van der Waals surface area contributed by atoms with E-state index in [-0.39, 0.29) is 11.5 Å². The molecule has 0 spiro atoms. The summed E-state index contributed by atoms with van der Waals surface area (Å²) in [5.74, 6) is 0.785. The Morgan fingerprint density at radius 3 is 2.61 bits per heavy atom. The number of benzene rings is 1. The molecule has 0 fully saturated rings. The molecule has 1 aromatic carbocycles. The van der Waals surface area contributed by atoms with Gasteiger partial charge in [-0.15, -0.1) is 11.3 Å². The van der Waals surface area contributed by atoms with Crippen LogP contribution < -0.4 is 4.74 Å². The number of hydrogen-bond acceptors (Lipinski definition) is 4. The minimum atomic E-state index is -0.304. The van der Waals surface area contributed by atoms with Crippen molar-refractivity contribution in [1.82, 2.24) is 0 Å². The molecule has 0 aliphatic heterocycles. The molecule has 0 amide bonds. The fraction of sp³-hybridized carbons (Fsp3) is 0.231. The van der Waals surface area contributed by atoms with E-state index in [1.165, 1.54) is 4.88 Å². The predicted octanol–water partition coefficient (Wildman–Crippen LogP) is 3.15. The van der Waals surface area contributed by atoms with Gasteiger partial charge in [0.2, 0.25) is 6.54 Å². The van der Waals surface area contributed by atoms with Crippen molar-refractivity contribution < 1.29 is 9.66 Å². The quantitative estimate of drug-likeness (QED) is 0.594. The largest absolute Gasteiger partial charge is 0.488 e. The molecule has 5 heteroatoms. The molecule has 0 N–H and O–H groups in total. The number of thiophene rings is 1. The first-order chi connectivity index (χ1) is 8.74. The van der Waals surface area contributed by atoms with E-state index in [4.69, 9.17) is 4.74 Å². The molecule has 0 atom stereocenters. The molecule has 2 rings (SSSR count). The molecular weight excluding hydrogens is 250 g/mol. The molecule has 0 saturated carbocycles. The number of rotatable bonds is 6. The van der Waals surface area contributed by atoms with Crippen LogP contribution in [0.4, 0.5) is 0 Å². The maximum atomic E-state index is 10.3. The van der Waals surface area contributed by atoms with Gasteiger partial charge in [-0.3, -0.25) is 10.1 Å². The molecule has 0 aliphatic carbocycles. The summed E-state index contributed by atoms with van der Waals surface area (Å²) in [5.41, 5.74) is 0.954. The minimum Gasteiger partial charge on any atom is -0.488 e. The van der Waals surface area contributed by atoms with E-state index >= 15 is 0 Å². The summed E-state index contributed by atoms with van der Waals surface area (Å²) in [6.45, 7) is 0.529. The highest BCUT2D eigenvalue weighted by Gasteiger charge is 2.01. The van der Waals surface area contributed by atoms with Gasteiger partial charge in [-0.25, -0.2) is 0 Å². The zero-order valence-corrected chi connectivity index (χ0v) is 10.6. The van der Waals surface area contributed by atoms with Crippen molar-refractivity contribution in [3.63, 3.8) is 0 Å². The summed E-state index contributed by atoms with van der Waals surface area (Å²) < 4.78 is 5.61. The van der Waals surface area contributed by atoms with Crippen LogP contribution in [-0.2, 0) is 13.0 Å². The average molecular weight is 263 g/mol. The normalized spacial score (nSPS) is 10.2. The van der Waals surface area contributed by atoms with Crippen LogP contribution >= 0.6 is 11.3 Å². The lowest BCUT2D eigenvalue weighted by Crippen LogP contribution is -2.03. The molecule has 0 unspecified atom stereocenters. The third-order valence-corrected chi connectivity index (χ3v) is 3.32. The maximum Gasteiger partial charge on any atom is 0.207 e. The molecule has 0 bridgehead atoms. The molecule has 0 aliphatic rings. The van der Waals surface area contributed by atoms with Crippen molar-refractivity contribution in [1.29, 1.82) is 0 Å². The second-order valence-corrected chi connectivity index (χ2v) is 4.85. The lowest BCUT2D eigenvalue weighted by molar-refractivity contribution is -0.479. The Morgan fingerprint density at radius 2 is 2.00 bits per heavy atom. The minimum absolute atomic E-state index is 0.0323. The second kappa shape index (κ2) is 6.16. The van der Waals surface area contributed by atoms with Crippen molar-refractivity contribution in [2.75, 3.05) is 6.54 Å². The fourth-order valence-corrected chi connectivity index (χ4v) is 2.14. The lowest BCUT2D eigenvalue weighted by Gasteiger charge is -2.05. The molecule has 0 radical (unpaired) electrons. The van der Waals surface area contributed by atoms with E-state index in [2.05, 4.69) is 0 Å². The Bertz CT molecular complexity index is 493. The summed E-state index contributed by atoms with van der Waals surface area (Å²) in [5, 5.41) is 12.3. The zero-order chi connectivity index (χ0) is 12.8. The maximum absolute atomic E-state index is 10.3. The van der Waals surface area contributed by atoms with Crippen LogP contribution in [-0.4, -0.2) is 11.5 Å². The molecular formula is C13H13NO3S. The van der Waals surface area contributed by atoms with Gasteiger partial charge < -0.3 is 4.74 Å². The Kier molecular flexibility index (Phi) is 4.30. The summed E-state index contributed by atoms with van der Waals surface area (Å²) in [6.07, 6.45) is 0.457.